The van der Waals surface area contributed by atoms with Crippen molar-refractivity contribution in [3.8, 4) is 0 Å². The van der Waals surface area contributed by atoms with E-state index in [1.807, 2.05) is 0 Å². The second-order valence-electron chi connectivity index (χ2n) is 4.95. The fourth-order valence-corrected chi connectivity index (χ4v) is 1.57. The van der Waals surface area contributed by atoms with Crippen molar-refractivity contribution in [2.24, 2.45) is 5.41 Å². The smallest absolute Gasteiger partial charge is 0.309 e. The number of unbranched alkanes of at least 4 members (excludes halogenated alkanes) is 1. The third kappa shape index (κ3) is 3.87. The maximum absolute atomic E-state index is 11.4. The Bertz CT molecular complexity index is 527. The average Bonchev–Trinajstić information content (AvgIpc) is 2.28. The highest BCUT2D eigenvalue weighted by Crippen LogP contribution is 2.23. The van der Waals surface area contributed by atoms with Crippen molar-refractivity contribution in [1.82, 2.24) is 9.78 Å². The van der Waals surface area contributed by atoms with Gasteiger partial charge in [-0.1, -0.05) is 6.42 Å². The fourth-order valence-electron chi connectivity index (χ4n) is 1.57. The predicted octanol–water partition coefficient (Wildman–Crippen LogP) is 0.818. The Morgan fingerprint density at radius 3 is 2.61 bits per heavy atom. The number of aromatic nitrogens is 2. The van der Waals surface area contributed by atoms with Gasteiger partial charge in [0, 0.05) is 18.7 Å². The fraction of sp³-hybridized carbons (Fsp3) is 0.583. The lowest BCUT2D eigenvalue weighted by Crippen LogP contribution is -2.28. The predicted molar refractivity (Wildman–Crippen MR) is 66.6 cm³/mol. The molecule has 2 N–H and O–H groups in total. The van der Waals surface area contributed by atoms with Crippen LogP contribution in [0.15, 0.2) is 21.7 Å². The molecule has 1 rings (SSSR count). The number of carboxylic acids is 1. The van der Waals surface area contributed by atoms with Crippen LogP contribution in [0.25, 0.3) is 0 Å². The molecule has 18 heavy (non-hydrogen) atoms. The zero-order chi connectivity index (χ0) is 13.8. The van der Waals surface area contributed by atoms with Crippen molar-refractivity contribution in [2.45, 2.75) is 39.7 Å². The Morgan fingerprint density at radius 1 is 1.33 bits per heavy atom. The van der Waals surface area contributed by atoms with Crippen LogP contribution >= 0.6 is 0 Å². The second kappa shape index (κ2) is 5.66. The number of nitrogens with one attached hydrogen (secondary N) is 1. The molecule has 0 aliphatic rings. The number of H-pyrrole nitrogens is 1. The Labute approximate surface area is 104 Å². The van der Waals surface area contributed by atoms with E-state index in [0.717, 1.165) is 0 Å². The standard InChI is InChI=1S/C12H18N2O4/c1-12(2,11(17)18)7-3-4-8-14-10(16)6-5-9(15)13-14/h5-6H,3-4,7-8H2,1-2H3,(H,13,15)(H,17,18). The molecule has 0 aliphatic heterocycles. The lowest BCUT2D eigenvalue weighted by atomic mass is 9.87. The second-order valence-corrected chi connectivity index (χ2v) is 4.95. The number of hydrogen-bond donors (Lipinski definition) is 2. The molecule has 6 nitrogen and oxygen atoms in total. The first kappa shape index (κ1) is 14.2. The van der Waals surface area contributed by atoms with E-state index in [4.69, 9.17) is 5.11 Å². The highest BCUT2D eigenvalue weighted by Gasteiger charge is 2.25. The quantitative estimate of drug-likeness (QED) is 0.735. The first-order valence-corrected chi connectivity index (χ1v) is 5.86. The summed E-state index contributed by atoms with van der Waals surface area (Å²) in [6.07, 6.45) is 1.87. The molecule has 1 heterocycles. The first-order valence-electron chi connectivity index (χ1n) is 5.86. The molecular formula is C12H18N2O4. The van der Waals surface area contributed by atoms with Crippen LogP contribution in [-0.2, 0) is 11.3 Å². The Hall–Kier alpha value is -1.85. The van der Waals surface area contributed by atoms with Gasteiger partial charge in [-0.05, 0) is 26.7 Å². The number of carbonyl (C=O) groups is 1. The van der Waals surface area contributed by atoms with Crippen molar-refractivity contribution in [3.63, 3.8) is 0 Å². The van der Waals surface area contributed by atoms with Crippen LogP contribution in [-0.4, -0.2) is 20.9 Å². The molecule has 0 unspecified atom stereocenters. The van der Waals surface area contributed by atoms with Crippen LogP contribution in [0.1, 0.15) is 33.1 Å². The van der Waals surface area contributed by atoms with Crippen LogP contribution in [0.4, 0.5) is 0 Å². The third-order valence-corrected chi connectivity index (χ3v) is 2.90. The molecule has 0 atom stereocenters. The summed E-state index contributed by atoms with van der Waals surface area (Å²) in [5, 5.41) is 11.4. The summed E-state index contributed by atoms with van der Waals surface area (Å²) in [5.74, 6) is -0.826. The molecule has 1 aromatic rings. The van der Waals surface area contributed by atoms with Gasteiger partial charge in [0.25, 0.3) is 11.1 Å². The molecule has 100 valence electrons. The van der Waals surface area contributed by atoms with Crippen LogP contribution in [0.5, 0.6) is 0 Å². The number of hydrogen-bond acceptors (Lipinski definition) is 3. The summed E-state index contributed by atoms with van der Waals surface area (Å²) < 4.78 is 1.25. The zero-order valence-electron chi connectivity index (χ0n) is 10.6. The molecule has 0 aromatic carbocycles. The molecular weight excluding hydrogens is 236 g/mol. The van der Waals surface area contributed by atoms with Crippen molar-refractivity contribution in [2.75, 3.05) is 0 Å². The van der Waals surface area contributed by atoms with Crippen molar-refractivity contribution >= 4 is 5.97 Å². The summed E-state index contributed by atoms with van der Waals surface area (Å²) in [6, 6.07) is 2.41. The molecule has 6 heteroatoms. The molecule has 0 spiro atoms. The molecule has 0 fully saturated rings. The minimum atomic E-state index is -0.826. The van der Waals surface area contributed by atoms with Crippen molar-refractivity contribution < 1.29 is 9.90 Å². The molecule has 0 saturated heterocycles. The Morgan fingerprint density at radius 2 is 2.00 bits per heavy atom. The molecule has 1 aromatic heterocycles. The van der Waals surface area contributed by atoms with Gasteiger partial charge in [0.15, 0.2) is 0 Å². The summed E-state index contributed by atoms with van der Waals surface area (Å²) >= 11 is 0. The van der Waals surface area contributed by atoms with Crippen molar-refractivity contribution in [1.29, 1.82) is 0 Å². The normalized spacial score (nSPS) is 11.4. The van der Waals surface area contributed by atoms with Crippen LogP contribution < -0.4 is 11.1 Å². The molecule has 0 radical (unpaired) electrons. The summed E-state index contributed by atoms with van der Waals surface area (Å²) in [6.45, 7) is 3.74. The van der Waals surface area contributed by atoms with E-state index in [1.165, 1.54) is 16.8 Å². The maximum atomic E-state index is 11.4. The van der Waals surface area contributed by atoms with E-state index >= 15 is 0 Å². The number of carboxylic acid groups (broad SMARTS) is 1. The average molecular weight is 254 g/mol. The van der Waals surface area contributed by atoms with E-state index < -0.39 is 11.4 Å². The lowest BCUT2D eigenvalue weighted by Gasteiger charge is -2.18. The SMILES string of the molecule is CC(C)(CCCCn1[nH]c(=O)ccc1=O)C(=O)O. The molecule has 0 amide bonds. The van der Waals surface area contributed by atoms with Gasteiger partial charge in [0.05, 0.1) is 5.41 Å². The minimum absolute atomic E-state index is 0.257. The lowest BCUT2D eigenvalue weighted by molar-refractivity contribution is -0.147. The molecule has 0 bridgehead atoms. The van der Waals surface area contributed by atoms with Gasteiger partial charge in [0.2, 0.25) is 0 Å². The highest BCUT2D eigenvalue weighted by atomic mass is 16.4. The molecule has 0 aliphatic carbocycles. The Balaban J connectivity index is 2.48. The van der Waals surface area contributed by atoms with Gasteiger partial charge in [-0.3, -0.25) is 24.2 Å². The number of nitrogens with zero attached hydrogens (tertiary/aromatic N) is 1. The third-order valence-electron chi connectivity index (χ3n) is 2.90. The monoisotopic (exact) mass is 254 g/mol. The van der Waals surface area contributed by atoms with Crippen LogP contribution in [0.3, 0.4) is 0 Å². The molecule has 0 saturated carbocycles. The maximum Gasteiger partial charge on any atom is 0.309 e. The topological polar surface area (TPSA) is 92.2 Å². The van der Waals surface area contributed by atoms with Gasteiger partial charge < -0.3 is 5.11 Å². The highest BCUT2D eigenvalue weighted by molar-refractivity contribution is 5.73. The van der Waals surface area contributed by atoms with E-state index in [0.29, 0.717) is 25.8 Å². The summed E-state index contributed by atoms with van der Waals surface area (Å²) in [7, 11) is 0. The zero-order valence-corrected chi connectivity index (χ0v) is 10.6. The summed E-state index contributed by atoms with van der Waals surface area (Å²) in [4.78, 5) is 33.3. The number of aryl methyl sites for hydroxylation is 1. The van der Waals surface area contributed by atoms with E-state index in [-0.39, 0.29) is 11.1 Å². The van der Waals surface area contributed by atoms with E-state index in [2.05, 4.69) is 5.10 Å². The number of aromatic amines is 1. The van der Waals surface area contributed by atoms with Crippen molar-refractivity contribution in [3.05, 3.63) is 32.8 Å². The van der Waals surface area contributed by atoms with Crippen LogP contribution in [0.2, 0.25) is 0 Å². The van der Waals surface area contributed by atoms with E-state index in [9.17, 15) is 14.4 Å². The Kier molecular flexibility index (Phi) is 4.47. The number of rotatable bonds is 6. The summed E-state index contributed by atoms with van der Waals surface area (Å²) in [5.41, 5.74) is -1.33. The van der Waals surface area contributed by atoms with Gasteiger partial charge in [0.1, 0.15) is 0 Å². The largest absolute Gasteiger partial charge is 0.481 e. The van der Waals surface area contributed by atoms with E-state index in [1.54, 1.807) is 13.8 Å². The van der Waals surface area contributed by atoms with Gasteiger partial charge in [-0.15, -0.1) is 0 Å². The van der Waals surface area contributed by atoms with Crippen LogP contribution in [0, 0.1) is 5.41 Å². The number of aliphatic carboxylic acids is 1. The first-order chi connectivity index (χ1) is 8.33. The van der Waals surface area contributed by atoms with Gasteiger partial charge >= 0.3 is 5.97 Å². The van der Waals surface area contributed by atoms with Gasteiger partial charge in [-0.25, -0.2) is 0 Å². The minimum Gasteiger partial charge on any atom is -0.481 e. The van der Waals surface area contributed by atoms with Gasteiger partial charge in [-0.2, -0.15) is 0 Å².